The first-order valence-corrected chi connectivity index (χ1v) is 7.53. The fraction of sp³-hybridized carbons (Fsp3) is 0.600. The highest BCUT2D eigenvalue weighted by molar-refractivity contribution is 6.31. The van der Waals surface area contributed by atoms with Crippen LogP contribution in [0.4, 0.5) is 5.69 Å². The molecule has 0 aliphatic carbocycles. The van der Waals surface area contributed by atoms with Gasteiger partial charge in [-0.1, -0.05) is 24.6 Å². The molecule has 1 aliphatic heterocycles. The van der Waals surface area contributed by atoms with E-state index in [1.54, 1.807) is 0 Å². The Balaban J connectivity index is 2.08. The predicted molar refractivity (Wildman–Crippen MR) is 83.2 cm³/mol. The number of hydrogen-bond acceptors (Lipinski definition) is 3. The standard InChI is InChI=1S/C15H24ClN3/c1-3-7-18-8-10-19(11-9-18)15-6-4-5-14(16)13(15)12-17-2/h4-6,17H,3,7-12H2,1-2H3. The lowest BCUT2D eigenvalue weighted by atomic mass is 10.1. The Kier molecular flexibility index (Phi) is 5.49. The van der Waals surface area contributed by atoms with E-state index < -0.39 is 0 Å². The van der Waals surface area contributed by atoms with E-state index in [0.717, 1.165) is 37.7 Å². The Morgan fingerprint density at radius 3 is 2.58 bits per heavy atom. The minimum Gasteiger partial charge on any atom is -0.369 e. The molecule has 3 nitrogen and oxygen atoms in total. The lowest BCUT2D eigenvalue weighted by molar-refractivity contribution is 0.258. The number of rotatable bonds is 5. The van der Waals surface area contributed by atoms with Crippen LogP contribution in [0.25, 0.3) is 0 Å². The van der Waals surface area contributed by atoms with E-state index in [1.807, 2.05) is 13.1 Å². The van der Waals surface area contributed by atoms with E-state index in [2.05, 4.69) is 34.2 Å². The summed E-state index contributed by atoms with van der Waals surface area (Å²) in [6, 6.07) is 6.22. The molecule has 1 aromatic carbocycles. The van der Waals surface area contributed by atoms with Gasteiger partial charge >= 0.3 is 0 Å². The number of benzene rings is 1. The first kappa shape index (κ1) is 14.6. The summed E-state index contributed by atoms with van der Waals surface area (Å²) < 4.78 is 0. The van der Waals surface area contributed by atoms with Crippen molar-refractivity contribution in [1.29, 1.82) is 0 Å². The molecule has 0 unspecified atom stereocenters. The monoisotopic (exact) mass is 281 g/mol. The third kappa shape index (κ3) is 3.62. The molecule has 0 bridgehead atoms. The van der Waals surface area contributed by atoms with Crippen molar-refractivity contribution in [1.82, 2.24) is 10.2 Å². The Morgan fingerprint density at radius 1 is 1.21 bits per heavy atom. The van der Waals surface area contributed by atoms with Gasteiger partial charge in [0.05, 0.1) is 0 Å². The largest absolute Gasteiger partial charge is 0.369 e. The van der Waals surface area contributed by atoms with Crippen LogP contribution in [0.2, 0.25) is 5.02 Å². The molecule has 1 aromatic rings. The van der Waals surface area contributed by atoms with Crippen LogP contribution >= 0.6 is 11.6 Å². The minimum atomic E-state index is 0.824. The molecule has 0 amide bonds. The van der Waals surface area contributed by atoms with Crippen LogP contribution in [0.1, 0.15) is 18.9 Å². The van der Waals surface area contributed by atoms with Crippen molar-refractivity contribution in [3.63, 3.8) is 0 Å². The van der Waals surface area contributed by atoms with Gasteiger partial charge in [0.1, 0.15) is 0 Å². The molecule has 0 saturated carbocycles. The fourth-order valence-corrected chi connectivity index (χ4v) is 2.96. The van der Waals surface area contributed by atoms with Crippen molar-refractivity contribution in [2.45, 2.75) is 19.9 Å². The summed E-state index contributed by atoms with van der Waals surface area (Å²) in [4.78, 5) is 5.00. The maximum atomic E-state index is 6.33. The van der Waals surface area contributed by atoms with Gasteiger partial charge in [-0.15, -0.1) is 0 Å². The second kappa shape index (κ2) is 7.13. The molecule has 1 fully saturated rings. The highest BCUT2D eigenvalue weighted by Gasteiger charge is 2.19. The second-order valence-electron chi connectivity index (χ2n) is 5.10. The van der Waals surface area contributed by atoms with E-state index in [1.165, 1.54) is 24.2 Å². The maximum absolute atomic E-state index is 6.33. The van der Waals surface area contributed by atoms with Crippen LogP contribution in [-0.4, -0.2) is 44.7 Å². The molecule has 0 atom stereocenters. The number of halogens is 1. The van der Waals surface area contributed by atoms with Crippen LogP contribution in [0.3, 0.4) is 0 Å². The van der Waals surface area contributed by atoms with E-state index in [9.17, 15) is 0 Å². The third-order valence-electron chi connectivity index (χ3n) is 3.70. The summed E-state index contributed by atoms with van der Waals surface area (Å²) in [5.41, 5.74) is 2.51. The molecule has 4 heteroatoms. The molecule has 2 rings (SSSR count). The van der Waals surface area contributed by atoms with E-state index in [0.29, 0.717) is 0 Å². The van der Waals surface area contributed by atoms with Crippen LogP contribution in [0.15, 0.2) is 18.2 Å². The Labute approximate surface area is 121 Å². The molecule has 0 aromatic heterocycles. The second-order valence-corrected chi connectivity index (χ2v) is 5.50. The van der Waals surface area contributed by atoms with Crippen LogP contribution in [0.5, 0.6) is 0 Å². The predicted octanol–water partition coefficient (Wildman–Crippen LogP) is 2.59. The van der Waals surface area contributed by atoms with Gasteiger partial charge in [0.15, 0.2) is 0 Å². The topological polar surface area (TPSA) is 18.5 Å². The lowest BCUT2D eigenvalue weighted by Crippen LogP contribution is -2.46. The fourth-order valence-electron chi connectivity index (χ4n) is 2.72. The molecule has 1 N–H and O–H groups in total. The SMILES string of the molecule is CCCN1CCN(c2cccc(Cl)c2CNC)CC1. The van der Waals surface area contributed by atoms with Gasteiger partial charge in [0.2, 0.25) is 0 Å². The summed E-state index contributed by atoms with van der Waals surface area (Å²) in [5.74, 6) is 0. The lowest BCUT2D eigenvalue weighted by Gasteiger charge is -2.37. The van der Waals surface area contributed by atoms with E-state index in [4.69, 9.17) is 11.6 Å². The van der Waals surface area contributed by atoms with Crippen LogP contribution in [-0.2, 0) is 6.54 Å². The van der Waals surface area contributed by atoms with Crippen LogP contribution < -0.4 is 10.2 Å². The summed E-state index contributed by atoms with van der Waals surface area (Å²) >= 11 is 6.33. The Bertz CT molecular complexity index is 400. The molecule has 0 radical (unpaired) electrons. The molecule has 1 heterocycles. The van der Waals surface area contributed by atoms with Crippen molar-refractivity contribution in [3.05, 3.63) is 28.8 Å². The van der Waals surface area contributed by atoms with Crippen molar-refractivity contribution in [2.24, 2.45) is 0 Å². The van der Waals surface area contributed by atoms with Gasteiger partial charge < -0.3 is 10.2 Å². The Morgan fingerprint density at radius 2 is 1.95 bits per heavy atom. The highest BCUT2D eigenvalue weighted by atomic mass is 35.5. The van der Waals surface area contributed by atoms with Gasteiger partial charge in [-0.05, 0) is 32.1 Å². The zero-order chi connectivity index (χ0) is 13.7. The summed E-state index contributed by atoms with van der Waals surface area (Å²) in [6.45, 7) is 8.78. The normalized spacial score (nSPS) is 16.9. The molecular formula is C15H24ClN3. The molecule has 1 saturated heterocycles. The number of piperazine rings is 1. The molecular weight excluding hydrogens is 258 g/mol. The number of nitrogens with zero attached hydrogens (tertiary/aromatic N) is 2. The van der Waals surface area contributed by atoms with E-state index in [-0.39, 0.29) is 0 Å². The van der Waals surface area contributed by atoms with Gasteiger partial charge in [0.25, 0.3) is 0 Å². The van der Waals surface area contributed by atoms with Gasteiger partial charge in [-0.2, -0.15) is 0 Å². The van der Waals surface area contributed by atoms with Crippen molar-refractivity contribution in [2.75, 3.05) is 44.7 Å². The molecule has 1 aliphatic rings. The quantitative estimate of drug-likeness (QED) is 0.895. The van der Waals surface area contributed by atoms with Crippen molar-refractivity contribution >= 4 is 17.3 Å². The average Bonchev–Trinajstić information content (AvgIpc) is 2.43. The van der Waals surface area contributed by atoms with Gasteiger partial charge in [0, 0.05) is 49.0 Å². The maximum Gasteiger partial charge on any atom is 0.0471 e. The zero-order valence-corrected chi connectivity index (χ0v) is 12.7. The summed E-state index contributed by atoms with van der Waals surface area (Å²) in [7, 11) is 1.96. The molecule has 106 valence electrons. The van der Waals surface area contributed by atoms with Gasteiger partial charge in [-0.3, -0.25) is 4.90 Å². The summed E-state index contributed by atoms with van der Waals surface area (Å²) in [5, 5.41) is 4.08. The Hall–Kier alpha value is -0.770. The smallest absolute Gasteiger partial charge is 0.0471 e. The van der Waals surface area contributed by atoms with Crippen molar-refractivity contribution in [3.8, 4) is 0 Å². The van der Waals surface area contributed by atoms with E-state index >= 15 is 0 Å². The third-order valence-corrected chi connectivity index (χ3v) is 4.05. The zero-order valence-electron chi connectivity index (χ0n) is 12.0. The van der Waals surface area contributed by atoms with Crippen molar-refractivity contribution < 1.29 is 0 Å². The first-order valence-electron chi connectivity index (χ1n) is 7.15. The number of nitrogens with one attached hydrogen (secondary N) is 1. The number of anilines is 1. The first-order chi connectivity index (χ1) is 9.26. The van der Waals surface area contributed by atoms with Gasteiger partial charge in [-0.25, -0.2) is 0 Å². The van der Waals surface area contributed by atoms with Crippen LogP contribution in [0, 0.1) is 0 Å². The average molecular weight is 282 g/mol. The summed E-state index contributed by atoms with van der Waals surface area (Å²) in [6.07, 6.45) is 1.24. The highest BCUT2D eigenvalue weighted by Crippen LogP contribution is 2.28. The number of hydrogen-bond donors (Lipinski definition) is 1. The minimum absolute atomic E-state index is 0.824. The molecule has 19 heavy (non-hydrogen) atoms. The molecule has 0 spiro atoms.